The molecular weight excluding hydrogens is 380 g/mol. The average molecular weight is 405 g/mol. The van der Waals surface area contributed by atoms with Crippen molar-refractivity contribution in [1.29, 1.82) is 0 Å². The number of nitrogen functional groups attached to an aromatic ring is 1. The highest BCUT2D eigenvalue weighted by Gasteiger charge is 2.18. The zero-order valence-corrected chi connectivity index (χ0v) is 17.1. The molecular formula is C19H24N4O2S2. The van der Waals surface area contributed by atoms with Crippen molar-refractivity contribution >= 4 is 36.6 Å². The van der Waals surface area contributed by atoms with Crippen LogP contribution in [0.25, 0.3) is 0 Å². The predicted molar refractivity (Wildman–Crippen MR) is 113 cm³/mol. The van der Waals surface area contributed by atoms with E-state index >= 15 is 0 Å². The van der Waals surface area contributed by atoms with Crippen LogP contribution >= 0.6 is 24.4 Å². The molecule has 6 nitrogen and oxygen atoms in total. The largest absolute Gasteiger partial charge is 0.395 e. The number of benzene rings is 1. The lowest BCUT2D eigenvalue weighted by Crippen LogP contribution is -2.24. The average Bonchev–Trinajstić information content (AvgIpc) is 2.68. The lowest BCUT2D eigenvalue weighted by molar-refractivity contribution is -0.116. The quantitative estimate of drug-likeness (QED) is 0.440. The maximum Gasteiger partial charge on any atom is 0.214 e. The second-order valence-electron chi connectivity index (χ2n) is 6.00. The molecule has 2 aromatic rings. The highest BCUT2D eigenvalue weighted by Crippen LogP contribution is 2.29. The first-order valence-corrected chi connectivity index (χ1v) is 9.91. The van der Waals surface area contributed by atoms with Crippen molar-refractivity contribution in [1.82, 2.24) is 14.9 Å². The highest BCUT2D eigenvalue weighted by atomic mass is 32.2. The molecule has 2 rings (SSSR count). The number of aromatic nitrogens is 2. The second-order valence-corrected chi connectivity index (χ2v) is 7.67. The first-order valence-electron chi connectivity index (χ1n) is 8.42. The van der Waals surface area contributed by atoms with Crippen LogP contribution in [0.5, 0.6) is 0 Å². The molecule has 3 N–H and O–H groups in total. The molecule has 1 aromatic carbocycles. The van der Waals surface area contributed by atoms with Crippen LogP contribution in [-0.4, -0.2) is 38.2 Å². The molecule has 0 spiro atoms. The fraction of sp³-hybridized carbons (Fsp3) is 0.316. The summed E-state index contributed by atoms with van der Waals surface area (Å²) in [5.41, 5.74) is 8.41. The van der Waals surface area contributed by atoms with Gasteiger partial charge in [0.15, 0.2) is 0 Å². The van der Waals surface area contributed by atoms with Crippen molar-refractivity contribution < 1.29 is 9.90 Å². The Balaban J connectivity index is 2.13. The summed E-state index contributed by atoms with van der Waals surface area (Å²) >= 11 is 6.16. The molecule has 0 aliphatic carbocycles. The fourth-order valence-electron chi connectivity index (χ4n) is 2.42. The maximum absolute atomic E-state index is 11.6. The Bertz CT molecular complexity index is 800. The van der Waals surface area contributed by atoms with Gasteiger partial charge in [0.25, 0.3) is 0 Å². The van der Waals surface area contributed by atoms with Crippen LogP contribution in [0.1, 0.15) is 23.9 Å². The third-order valence-electron chi connectivity index (χ3n) is 4.05. The second kappa shape index (κ2) is 10.3. The smallest absolute Gasteiger partial charge is 0.214 e. The number of thiol groups is 1. The van der Waals surface area contributed by atoms with Crippen molar-refractivity contribution in [2.45, 2.75) is 31.4 Å². The lowest BCUT2D eigenvalue weighted by Gasteiger charge is -2.24. The van der Waals surface area contributed by atoms with Gasteiger partial charge in [0.1, 0.15) is 11.6 Å². The molecule has 27 heavy (non-hydrogen) atoms. The topological polar surface area (TPSA) is 92.3 Å². The first kappa shape index (κ1) is 21.3. The third-order valence-corrected chi connectivity index (χ3v) is 6.15. The first-order chi connectivity index (χ1) is 13.0. The van der Waals surface area contributed by atoms with E-state index < -0.39 is 0 Å². The molecule has 0 saturated heterocycles. The summed E-state index contributed by atoms with van der Waals surface area (Å²) in [5.74, 6) is 1.66. The predicted octanol–water partition coefficient (Wildman–Crippen LogP) is 2.78. The monoisotopic (exact) mass is 404 g/mol. The minimum absolute atomic E-state index is 0.0733. The third kappa shape index (κ3) is 5.98. The molecule has 8 heteroatoms. The molecule has 0 saturated carbocycles. The van der Waals surface area contributed by atoms with Gasteiger partial charge >= 0.3 is 0 Å². The van der Waals surface area contributed by atoms with E-state index in [0.717, 1.165) is 17.7 Å². The molecule has 1 atom stereocenters. The van der Waals surface area contributed by atoms with Crippen LogP contribution in [0.15, 0.2) is 47.1 Å². The van der Waals surface area contributed by atoms with Gasteiger partial charge in [-0.15, -0.1) is 24.4 Å². The summed E-state index contributed by atoms with van der Waals surface area (Å²) in [4.78, 5) is 22.0. The van der Waals surface area contributed by atoms with E-state index in [1.165, 1.54) is 4.90 Å². The molecule has 0 aliphatic heterocycles. The Labute approximate surface area is 169 Å². The van der Waals surface area contributed by atoms with Crippen LogP contribution in [0, 0.1) is 6.92 Å². The zero-order valence-electron chi connectivity index (χ0n) is 15.4. The van der Waals surface area contributed by atoms with Gasteiger partial charge in [-0.3, -0.25) is 4.79 Å². The van der Waals surface area contributed by atoms with Crippen molar-refractivity contribution in [2.75, 3.05) is 12.3 Å². The van der Waals surface area contributed by atoms with Gasteiger partial charge in [-0.05, 0) is 19.4 Å². The van der Waals surface area contributed by atoms with Gasteiger partial charge in [0.05, 0.1) is 18.4 Å². The van der Waals surface area contributed by atoms with Crippen LogP contribution < -0.4 is 5.73 Å². The van der Waals surface area contributed by atoms with E-state index in [0.29, 0.717) is 27.8 Å². The standard InChI is InChI=1S/C19H24N4O2S2/c1-13(23(12-25)9-16-8-21-14(2)22-19(16)20)18(26)17(10-24)27-11-15-6-4-3-5-7-15/h3-8,12,17,24,26H,9-11H2,1-2H3,(H2,20,21,22)/b18-13-. The van der Waals surface area contributed by atoms with Gasteiger partial charge in [-0.2, -0.15) is 0 Å². The highest BCUT2D eigenvalue weighted by molar-refractivity contribution is 8.00. The number of aryl methyl sites for hydroxylation is 1. The van der Waals surface area contributed by atoms with Crippen molar-refractivity contribution in [3.05, 3.63) is 64.1 Å². The molecule has 0 fully saturated rings. The van der Waals surface area contributed by atoms with E-state index in [1.54, 1.807) is 31.8 Å². The summed E-state index contributed by atoms with van der Waals surface area (Å²) in [6.45, 7) is 3.72. The number of aliphatic hydroxyl groups excluding tert-OH is 1. The zero-order chi connectivity index (χ0) is 19.8. The van der Waals surface area contributed by atoms with Crippen molar-refractivity contribution in [3.8, 4) is 0 Å². The van der Waals surface area contributed by atoms with E-state index in [-0.39, 0.29) is 18.4 Å². The van der Waals surface area contributed by atoms with Gasteiger partial charge in [-0.1, -0.05) is 30.3 Å². The number of aliphatic hydroxyl groups is 1. The van der Waals surface area contributed by atoms with Crippen molar-refractivity contribution in [2.24, 2.45) is 0 Å². The van der Waals surface area contributed by atoms with Gasteiger partial charge in [0.2, 0.25) is 6.41 Å². The number of anilines is 1. The van der Waals surface area contributed by atoms with Crippen LogP contribution in [0.2, 0.25) is 0 Å². The Morgan fingerprint density at radius 2 is 2.11 bits per heavy atom. The summed E-state index contributed by atoms with van der Waals surface area (Å²) in [5, 5.41) is 9.56. The molecule has 1 amide bonds. The lowest BCUT2D eigenvalue weighted by atomic mass is 10.2. The summed E-state index contributed by atoms with van der Waals surface area (Å²) < 4.78 is 0. The number of amides is 1. The molecule has 1 aromatic heterocycles. The number of carbonyl (C=O) groups is 1. The molecule has 1 unspecified atom stereocenters. The normalized spacial score (nSPS) is 13.0. The summed E-state index contributed by atoms with van der Waals surface area (Å²) in [6.07, 6.45) is 2.34. The Hall–Kier alpha value is -2.03. The van der Waals surface area contributed by atoms with E-state index in [4.69, 9.17) is 5.73 Å². The van der Waals surface area contributed by atoms with Crippen molar-refractivity contribution in [3.63, 3.8) is 0 Å². The van der Waals surface area contributed by atoms with Gasteiger partial charge in [-0.25, -0.2) is 9.97 Å². The van der Waals surface area contributed by atoms with Crippen LogP contribution in [0.3, 0.4) is 0 Å². The number of nitrogens with two attached hydrogens (primary N) is 1. The Morgan fingerprint density at radius 3 is 2.70 bits per heavy atom. The van der Waals surface area contributed by atoms with E-state index in [9.17, 15) is 9.90 Å². The molecule has 0 radical (unpaired) electrons. The Kier molecular flexibility index (Phi) is 8.15. The number of hydrogen-bond donors (Lipinski definition) is 3. The fourth-order valence-corrected chi connectivity index (χ4v) is 3.88. The van der Waals surface area contributed by atoms with Crippen LogP contribution in [0.4, 0.5) is 5.82 Å². The number of thioether (sulfide) groups is 1. The number of carbonyl (C=O) groups excluding carboxylic acids is 1. The van der Waals surface area contributed by atoms with E-state index in [2.05, 4.69) is 22.6 Å². The minimum Gasteiger partial charge on any atom is -0.395 e. The van der Waals surface area contributed by atoms with Gasteiger partial charge in [0, 0.05) is 28.1 Å². The summed E-state index contributed by atoms with van der Waals surface area (Å²) in [7, 11) is 0. The number of hydrogen-bond acceptors (Lipinski definition) is 7. The maximum atomic E-state index is 11.6. The summed E-state index contributed by atoms with van der Waals surface area (Å²) in [6, 6.07) is 10.00. The van der Waals surface area contributed by atoms with E-state index in [1.807, 2.05) is 30.3 Å². The Morgan fingerprint density at radius 1 is 1.41 bits per heavy atom. The number of nitrogens with zero attached hydrogens (tertiary/aromatic N) is 3. The number of allylic oxidation sites excluding steroid dienone is 1. The molecule has 1 heterocycles. The van der Waals surface area contributed by atoms with Crippen LogP contribution in [-0.2, 0) is 17.1 Å². The molecule has 144 valence electrons. The van der Waals surface area contributed by atoms with Gasteiger partial charge < -0.3 is 15.7 Å². The minimum atomic E-state index is -0.234. The molecule has 0 aliphatic rings. The molecule has 0 bridgehead atoms. The SMILES string of the molecule is C/C(=C(/S)C(CO)SCc1ccccc1)N(C=O)Cc1cnc(C)nc1N. The number of rotatable bonds is 9.